The van der Waals surface area contributed by atoms with E-state index >= 15 is 0 Å². The normalized spacial score (nSPS) is 14.3. The number of anilines is 1. The molecule has 0 amide bonds. The maximum absolute atomic E-state index is 5.56. The molecule has 0 spiro atoms. The molecule has 0 atom stereocenters. The van der Waals surface area contributed by atoms with Crippen molar-refractivity contribution in [3.05, 3.63) is 54.6 Å². The summed E-state index contributed by atoms with van der Waals surface area (Å²) < 4.78 is 11.1. The molecule has 0 aliphatic carbocycles. The highest BCUT2D eigenvalue weighted by Crippen LogP contribution is 2.35. The number of fused-ring (bicyclic) bond motifs is 2. The van der Waals surface area contributed by atoms with Crippen LogP contribution < -0.4 is 20.1 Å². The number of nitrogens with one attached hydrogen (secondary N) is 2. The first-order valence-corrected chi connectivity index (χ1v) is 12.8. The number of ether oxygens (including phenoxy) is 2. The van der Waals surface area contributed by atoms with E-state index in [1.807, 2.05) is 12.1 Å². The lowest BCUT2D eigenvalue weighted by molar-refractivity contribution is 0.236. The fourth-order valence-corrected chi connectivity index (χ4v) is 4.83. The zero-order valence-electron chi connectivity index (χ0n) is 21.2. The van der Waals surface area contributed by atoms with Gasteiger partial charge in [0.25, 0.3) is 0 Å². The predicted octanol–water partition coefficient (Wildman–Crippen LogP) is 4.95. The third-order valence-corrected chi connectivity index (χ3v) is 6.86. The first-order valence-electron chi connectivity index (χ1n) is 12.8. The zero-order chi connectivity index (χ0) is 24.7. The van der Waals surface area contributed by atoms with E-state index in [9.17, 15) is 0 Å². The van der Waals surface area contributed by atoms with Gasteiger partial charge in [-0.25, -0.2) is 9.97 Å². The molecule has 5 rings (SSSR count). The van der Waals surface area contributed by atoms with Gasteiger partial charge in [0, 0.05) is 49.7 Å². The lowest BCUT2D eigenvalue weighted by Crippen LogP contribution is -2.43. The third kappa shape index (κ3) is 5.53. The SMILES string of the molecule is COc1cc2nc(-c3ccc4ccccc4c3)nc(NCCCCCN3CCNCC3)c2cc1OC. The fourth-order valence-electron chi connectivity index (χ4n) is 4.83. The van der Waals surface area contributed by atoms with Crippen molar-refractivity contribution in [3.8, 4) is 22.9 Å². The average molecular weight is 486 g/mol. The minimum atomic E-state index is 0.659. The van der Waals surface area contributed by atoms with Crippen LogP contribution in [0.15, 0.2) is 54.6 Å². The molecular formula is C29H35N5O2. The number of hydrogen-bond acceptors (Lipinski definition) is 7. The molecule has 1 aromatic heterocycles. The summed E-state index contributed by atoms with van der Waals surface area (Å²) >= 11 is 0. The third-order valence-electron chi connectivity index (χ3n) is 6.86. The van der Waals surface area contributed by atoms with E-state index in [0.717, 1.165) is 61.4 Å². The van der Waals surface area contributed by atoms with Gasteiger partial charge in [0.15, 0.2) is 17.3 Å². The molecule has 1 aliphatic rings. The van der Waals surface area contributed by atoms with Crippen molar-refractivity contribution >= 4 is 27.5 Å². The van der Waals surface area contributed by atoms with E-state index in [-0.39, 0.29) is 0 Å². The van der Waals surface area contributed by atoms with E-state index in [0.29, 0.717) is 17.3 Å². The van der Waals surface area contributed by atoms with Crippen LogP contribution in [0.25, 0.3) is 33.1 Å². The number of benzene rings is 3. The Hall–Kier alpha value is -3.42. The molecule has 36 heavy (non-hydrogen) atoms. The lowest BCUT2D eigenvalue weighted by Gasteiger charge is -2.27. The molecule has 0 radical (unpaired) electrons. The Morgan fingerprint density at radius 1 is 0.861 bits per heavy atom. The highest BCUT2D eigenvalue weighted by Gasteiger charge is 2.15. The first kappa shape index (κ1) is 24.3. The van der Waals surface area contributed by atoms with Gasteiger partial charge < -0.3 is 25.0 Å². The number of piperazine rings is 1. The lowest BCUT2D eigenvalue weighted by atomic mass is 10.1. The second-order valence-electron chi connectivity index (χ2n) is 9.26. The molecule has 4 aromatic rings. The van der Waals surface area contributed by atoms with E-state index in [4.69, 9.17) is 19.4 Å². The summed E-state index contributed by atoms with van der Waals surface area (Å²) in [5.74, 6) is 2.85. The smallest absolute Gasteiger partial charge is 0.162 e. The minimum absolute atomic E-state index is 0.659. The summed E-state index contributed by atoms with van der Waals surface area (Å²) in [6, 6.07) is 18.6. The quantitative estimate of drug-likeness (QED) is 0.308. The van der Waals surface area contributed by atoms with Gasteiger partial charge in [0.05, 0.1) is 19.7 Å². The van der Waals surface area contributed by atoms with Crippen LogP contribution in [0.5, 0.6) is 11.5 Å². The highest BCUT2D eigenvalue weighted by molar-refractivity contribution is 5.94. The Labute approximate surface area is 212 Å². The van der Waals surface area contributed by atoms with Gasteiger partial charge in [0.2, 0.25) is 0 Å². The van der Waals surface area contributed by atoms with Gasteiger partial charge >= 0.3 is 0 Å². The molecule has 188 valence electrons. The van der Waals surface area contributed by atoms with Crippen LogP contribution in [-0.4, -0.2) is 68.4 Å². The number of aromatic nitrogens is 2. The summed E-state index contributed by atoms with van der Waals surface area (Å²) in [4.78, 5) is 12.4. The maximum Gasteiger partial charge on any atom is 0.162 e. The molecule has 0 unspecified atom stereocenters. The van der Waals surface area contributed by atoms with Gasteiger partial charge in [-0.3, -0.25) is 0 Å². The van der Waals surface area contributed by atoms with Crippen LogP contribution in [0.3, 0.4) is 0 Å². The van der Waals surface area contributed by atoms with Crippen molar-refractivity contribution in [2.24, 2.45) is 0 Å². The van der Waals surface area contributed by atoms with Crippen molar-refractivity contribution in [2.75, 3.05) is 58.8 Å². The first-order chi connectivity index (χ1) is 17.7. The van der Waals surface area contributed by atoms with E-state index < -0.39 is 0 Å². The van der Waals surface area contributed by atoms with Crippen molar-refractivity contribution < 1.29 is 9.47 Å². The molecule has 3 aromatic carbocycles. The Bertz CT molecular complexity index is 1320. The van der Waals surface area contributed by atoms with E-state index in [1.165, 1.54) is 30.2 Å². The molecule has 0 saturated carbocycles. The summed E-state index contributed by atoms with van der Waals surface area (Å²) in [5.41, 5.74) is 1.82. The second-order valence-corrected chi connectivity index (χ2v) is 9.26. The van der Waals surface area contributed by atoms with Crippen molar-refractivity contribution in [1.29, 1.82) is 0 Å². The van der Waals surface area contributed by atoms with Gasteiger partial charge in [0.1, 0.15) is 5.82 Å². The predicted molar refractivity (Wildman–Crippen MR) is 147 cm³/mol. The molecular weight excluding hydrogens is 450 g/mol. The van der Waals surface area contributed by atoms with Crippen LogP contribution in [0.1, 0.15) is 19.3 Å². The summed E-state index contributed by atoms with van der Waals surface area (Å²) in [5, 5.41) is 10.3. The standard InChI is InChI=1S/C29H35N5O2/c1-35-26-19-24-25(20-27(26)36-2)32-28(23-11-10-21-8-4-5-9-22(21)18-23)33-29(24)31-12-6-3-7-15-34-16-13-30-14-17-34/h4-5,8-11,18-20,30H,3,6-7,12-17H2,1-2H3,(H,31,32,33). The number of methoxy groups -OCH3 is 2. The Morgan fingerprint density at radius 2 is 1.64 bits per heavy atom. The summed E-state index contributed by atoms with van der Waals surface area (Å²) in [6.07, 6.45) is 3.50. The number of hydrogen-bond donors (Lipinski definition) is 2. The fraction of sp³-hybridized carbons (Fsp3) is 0.379. The number of rotatable bonds is 10. The Morgan fingerprint density at radius 3 is 2.44 bits per heavy atom. The van der Waals surface area contributed by atoms with Gasteiger partial charge in [-0.2, -0.15) is 0 Å². The van der Waals surface area contributed by atoms with Crippen molar-refractivity contribution in [2.45, 2.75) is 19.3 Å². The van der Waals surface area contributed by atoms with Crippen LogP contribution in [0, 0.1) is 0 Å². The number of unbranched alkanes of at least 4 members (excludes halogenated alkanes) is 2. The molecule has 0 bridgehead atoms. The van der Waals surface area contributed by atoms with Crippen LogP contribution in [0.2, 0.25) is 0 Å². The van der Waals surface area contributed by atoms with Crippen LogP contribution in [0.4, 0.5) is 5.82 Å². The largest absolute Gasteiger partial charge is 0.493 e. The van der Waals surface area contributed by atoms with Gasteiger partial charge in [-0.05, 0) is 42.3 Å². The van der Waals surface area contributed by atoms with Crippen LogP contribution >= 0.6 is 0 Å². The molecule has 7 heteroatoms. The second kappa shape index (κ2) is 11.5. The van der Waals surface area contributed by atoms with E-state index in [2.05, 4.69) is 58.0 Å². The van der Waals surface area contributed by atoms with Gasteiger partial charge in [-0.15, -0.1) is 0 Å². The molecule has 1 saturated heterocycles. The Balaban J connectivity index is 1.37. The molecule has 7 nitrogen and oxygen atoms in total. The topological polar surface area (TPSA) is 71.5 Å². The molecule has 1 aliphatic heterocycles. The van der Waals surface area contributed by atoms with Gasteiger partial charge in [-0.1, -0.05) is 42.8 Å². The van der Waals surface area contributed by atoms with Crippen molar-refractivity contribution in [3.63, 3.8) is 0 Å². The molecule has 1 fully saturated rings. The van der Waals surface area contributed by atoms with Crippen LogP contribution in [-0.2, 0) is 0 Å². The average Bonchev–Trinajstić information content (AvgIpc) is 2.94. The summed E-state index contributed by atoms with van der Waals surface area (Å²) in [6.45, 7) is 6.58. The maximum atomic E-state index is 5.56. The Kier molecular flexibility index (Phi) is 7.79. The minimum Gasteiger partial charge on any atom is -0.493 e. The van der Waals surface area contributed by atoms with E-state index in [1.54, 1.807) is 14.2 Å². The van der Waals surface area contributed by atoms with Crippen molar-refractivity contribution in [1.82, 2.24) is 20.2 Å². The number of nitrogens with zero attached hydrogens (tertiary/aromatic N) is 3. The zero-order valence-corrected chi connectivity index (χ0v) is 21.2. The highest BCUT2D eigenvalue weighted by atomic mass is 16.5. The monoisotopic (exact) mass is 485 g/mol. The molecule has 2 N–H and O–H groups in total. The summed E-state index contributed by atoms with van der Waals surface area (Å²) in [7, 11) is 3.30. The molecule has 2 heterocycles.